The molecule has 0 aliphatic carbocycles. The van der Waals surface area contributed by atoms with Gasteiger partial charge in [-0.05, 0) is 136 Å². The van der Waals surface area contributed by atoms with Gasteiger partial charge in [0.15, 0.2) is 0 Å². The number of hydrogen-bond donors (Lipinski definition) is 0. The molecule has 0 aliphatic heterocycles. The van der Waals surface area contributed by atoms with Crippen molar-refractivity contribution < 1.29 is 8.83 Å². The van der Waals surface area contributed by atoms with E-state index in [4.69, 9.17) is 8.83 Å². The van der Waals surface area contributed by atoms with Crippen LogP contribution < -0.4 is 10.4 Å². The van der Waals surface area contributed by atoms with Gasteiger partial charge in [-0.15, -0.1) is 0 Å². The third kappa shape index (κ3) is 4.71. The smallest absolute Gasteiger partial charge is 0.136 e. The predicted molar refractivity (Wildman–Crippen MR) is 241 cm³/mol. The zero-order valence-electron chi connectivity index (χ0n) is 31.3. The summed E-state index contributed by atoms with van der Waals surface area (Å²) in [6, 6.07) is 61.1. The molecule has 0 N–H and O–H groups in total. The molecular weight excluding hydrogens is 693 g/mol. The van der Waals surface area contributed by atoms with Gasteiger partial charge in [0.2, 0.25) is 0 Å². The monoisotopic (exact) mass is 726 g/mol. The van der Waals surface area contributed by atoms with E-state index in [0.717, 1.165) is 60.2 Å². The Bertz CT molecular complexity index is 3730. The zero-order valence-corrected chi connectivity index (χ0v) is 31.3. The van der Waals surface area contributed by atoms with Crippen molar-refractivity contribution >= 4 is 99.4 Å². The first-order valence-corrected chi connectivity index (χ1v) is 19.5. The number of benzene rings is 10. The van der Waals surface area contributed by atoms with Gasteiger partial charge >= 0.3 is 0 Å². The van der Waals surface area contributed by atoms with Gasteiger partial charge in [0.05, 0.1) is 0 Å². The van der Waals surface area contributed by atoms with Gasteiger partial charge in [-0.3, -0.25) is 0 Å². The van der Waals surface area contributed by atoms with E-state index in [-0.39, 0.29) is 0 Å². The van der Waals surface area contributed by atoms with E-state index in [1.165, 1.54) is 70.6 Å². The van der Waals surface area contributed by atoms with Crippen LogP contribution >= 0.6 is 0 Å². The molecule has 266 valence electrons. The first kappa shape index (κ1) is 31.9. The highest BCUT2D eigenvalue weighted by Gasteiger charge is 2.20. The van der Waals surface area contributed by atoms with Gasteiger partial charge in [-0.25, -0.2) is 0 Å². The Morgan fingerprint density at radius 2 is 0.877 bits per heavy atom. The Kier molecular flexibility index (Phi) is 6.73. The third-order valence-corrected chi connectivity index (χ3v) is 12.1. The summed E-state index contributed by atoms with van der Waals surface area (Å²) in [4.78, 5) is 0. The van der Waals surface area contributed by atoms with E-state index in [0.29, 0.717) is 0 Å². The number of fused-ring (bicyclic) bond motifs is 10. The van der Waals surface area contributed by atoms with Crippen LogP contribution in [0.25, 0.3) is 122 Å². The van der Waals surface area contributed by atoms with Crippen LogP contribution in [-0.2, 0) is 0 Å². The summed E-state index contributed by atoms with van der Waals surface area (Å²) in [5.74, 6) is 0.888. The second kappa shape index (κ2) is 12.0. The van der Waals surface area contributed by atoms with Crippen molar-refractivity contribution in [3.8, 4) is 22.3 Å². The molecule has 12 aromatic rings. The molecule has 0 fully saturated rings. The van der Waals surface area contributed by atoms with Crippen LogP contribution in [0.3, 0.4) is 0 Å². The van der Waals surface area contributed by atoms with E-state index in [1.54, 1.807) is 0 Å². The van der Waals surface area contributed by atoms with Crippen molar-refractivity contribution in [3.63, 3.8) is 0 Å². The summed E-state index contributed by atoms with van der Waals surface area (Å²) in [6.07, 6.45) is 2.28. The highest BCUT2D eigenvalue weighted by Crippen LogP contribution is 2.46. The lowest BCUT2D eigenvalue weighted by Crippen LogP contribution is -2.25. The Hall–Kier alpha value is -7.42. The van der Waals surface area contributed by atoms with E-state index in [9.17, 15) is 0 Å². The van der Waals surface area contributed by atoms with Crippen LogP contribution in [0.4, 0.5) is 0 Å². The van der Waals surface area contributed by atoms with Crippen LogP contribution in [-0.4, -0.2) is 0 Å². The summed E-state index contributed by atoms with van der Waals surface area (Å²) in [5, 5.41) is 17.5. The molecule has 0 spiro atoms. The molecular formula is C55H34O2. The fourth-order valence-electron chi connectivity index (χ4n) is 9.49. The van der Waals surface area contributed by atoms with E-state index in [2.05, 4.69) is 189 Å². The highest BCUT2D eigenvalue weighted by molar-refractivity contribution is 6.23. The van der Waals surface area contributed by atoms with Crippen LogP contribution in [0, 0.1) is 6.92 Å². The maximum absolute atomic E-state index is 6.62. The first-order valence-electron chi connectivity index (χ1n) is 19.5. The minimum absolute atomic E-state index is 0.869. The Morgan fingerprint density at radius 3 is 1.54 bits per heavy atom. The fourth-order valence-corrected chi connectivity index (χ4v) is 9.49. The molecule has 0 saturated carbocycles. The minimum atomic E-state index is 0.869. The number of hydrogen-bond acceptors (Lipinski definition) is 2. The third-order valence-electron chi connectivity index (χ3n) is 12.1. The average Bonchev–Trinajstić information content (AvgIpc) is 3.77. The normalized spacial score (nSPS) is 12.5. The molecule has 2 heteroatoms. The molecule has 57 heavy (non-hydrogen) atoms. The number of furan rings is 2. The summed E-state index contributed by atoms with van der Waals surface area (Å²) >= 11 is 0. The van der Waals surface area contributed by atoms with Crippen molar-refractivity contribution in [2.45, 2.75) is 6.92 Å². The molecule has 0 amide bonds. The second-order valence-electron chi connectivity index (χ2n) is 15.3. The van der Waals surface area contributed by atoms with Gasteiger partial charge in [0, 0.05) is 21.7 Å². The standard InChI is InChI=1S/C55H34O2/c1-32-38-15-5-6-16-39(38)40-17-7-8-18-41(40)47(32)31-48-33(2)56-52-30-37(23-25-42(48)52)55-45-21-11-9-19-43(45)54(44-20-10-12-22-46(44)55)36-24-26-51-49(28-36)50-27-34-13-3-4-14-35(34)29-53(50)57-51/h3-31H,1H2,2H3/b47-31+. The Morgan fingerprint density at radius 1 is 0.386 bits per heavy atom. The quantitative estimate of drug-likeness (QED) is 0.134. The topological polar surface area (TPSA) is 26.3 Å². The number of rotatable bonds is 3. The molecule has 0 bridgehead atoms. The summed E-state index contributed by atoms with van der Waals surface area (Å²) in [7, 11) is 0. The van der Waals surface area contributed by atoms with E-state index >= 15 is 0 Å². The van der Waals surface area contributed by atoms with Gasteiger partial charge in [0.1, 0.15) is 22.5 Å². The largest absolute Gasteiger partial charge is 0.461 e. The van der Waals surface area contributed by atoms with Crippen molar-refractivity contribution in [2.24, 2.45) is 0 Å². The lowest BCUT2D eigenvalue weighted by molar-refractivity contribution is 0.577. The van der Waals surface area contributed by atoms with Crippen LogP contribution in [0.5, 0.6) is 0 Å². The van der Waals surface area contributed by atoms with Crippen LogP contribution in [0.1, 0.15) is 11.3 Å². The number of aryl methyl sites for hydroxylation is 1. The average molecular weight is 727 g/mol. The zero-order chi connectivity index (χ0) is 37.8. The second-order valence-corrected chi connectivity index (χ2v) is 15.3. The first-order chi connectivity index (χ1) is 28.1. The Balaban J connectivity index is 1.06. The SMILES string of the molecule is C=c1/c(=C\c2c(C)oc3cc(-c4c5ccccc5c(-c5ccc6oc7cc8ccccc8cc7c6c5)c5ccccc45)ccc23)c2ccccc2c2ccccc12. The molecule has 0 saturated heterocycles. The predicted octanol–water partition coefficient (Wildman–Crippen LogP) is 14.0. The van der Waals surface area contributed by atoms with Gasteiger partial charge in [0.25, 0.3) is 0 Å². The highest BCUT2D eigenvalue weighted by atomic mass is 16.3. The summed E-state index contributed by atoms with van der Waals surface area (Å²) in [5.41, 5.74) is 8.48. The molecule has 12 rings (SSSR count). The van der Waals surface area contributed by atoms with E-state index in [1.807, 2.05) is 0 Å². The summed E-state index contributed by atoms with van der Waals surface area (Å²) in [6.45, 7) is 6.67. The fraction of sp³-hybridized carbons (Fsp3) is 0.0182. The van der Waals surface area contributed by atoms with Gasteiger partial charge < -0.3 is 8.83 Å². The lowest BCUT2D eigenvalue weighted by atomic mass is 9.85. The Labute approximate surface area is 327 Å². The molecule has 0 aliphatic rings. The van der Waals surface area contributed by atoms with Crippen LogP contribution in [0.2, 0.25) is 0 Å². The van der Waals surface area contributed by atoms with E-state index < -0.39 is 0 Å². The lowest BCUT2D eigenvalue weighted by Gasteiger charge is -2.17. The minimum Gasteiger partial charge on any atom is -0.461 e. The molecule has 10 aromatic carbocycles. The maximum atomic E-state index is 6.62. The van der Waals surface area contributed by atoms with Gasteiger partial charge in [-0.2, -0.15) is 0 Å². The molecule has 0 radical (unpaired) electrons. The van der Waals surface area contributed by atoms with Gasteiger partial charge in [-0.1, -0.05) is 140 Å². The molecule has 2 nitrogen and oxygen atoms in total. The molecule has 2 heterocycles. The van der Waals surface area contributed by atoms with Crippen molar-refractivity contribution in [3.05, 3.63) is 192 Å². The van der Waals surface area contributed by atoms with Crippen LogP contribution in [0.15, 0.2) is 179 Å². The summed E-state index contributed by atoms with van der Waals surface area (Å²) < 4.78 is 13.0. The van der Waals surface area contributed by atoms with Crippen molar-refractivity contribution in [1.82, 2.24) is 0 Å². The van der Waals surface area contributed by atoms with Crippen molar-refractivity contribution in [1.29, 1.82) is 0 Å². The van der Waals surface area contributed by atoms with Crippen molar-refractivity contribution in [2.75, 3.05) is 0 Å². The maximum Gasteiger partial charge on any atom is 0.136 e. The molecule has 2 aromatic heterocycles. The molecule has 0 unspecified atom stereocenters. The molecule has 0 atom stereocenters.